The van der Waals surface area contributed by atoms with Gasteiger partial charge >= 0.3 is 15.0 Å². The van der Waals surface area contributed by atoms with E-state index in [2.05, 4.69) is 4.74 Å². The van der Waals surface area contributed by atoms with Gasteiger partial charge in [0.1, 0.15) is 0 Å². The maximum Gasteiger partial charge on any atom is 0.507 e. The van der Waals surface area contributed by atoms with E-state index in [1.54, 1.807) is 0 Å². The summed E-state index contributed by atoms with van der Waals surface area (Å²) in [6.45, 7) is 7.31. The SMILES string of the molecule is CCO[Si](CCOC(=O)OC)(OCC)OCC. The molecule has 0 saturated carbocycles. The topological polar surface area (TPSA) is 63.2 Å². The second-order valence-electron chi connectivity index (χ2n) is 3.03. The van der Waals surface area contributed by atoms with Gasteiger partial charge in [0, 0.05) is 19.8 Å². The molecule has 0 atom stereocenters. The lowest BCUT2D eigenvalue weighted by Crippen LogP contribution is -2.47. The van der Waals surface area contributed by atoms with Crippen LogP contribution < -0.4 is 0 Å². The Morgan fingerprint density at radius 1 is 1.00 bits per heavy atom. The molecule has 0 saturated heterocycles. The fourth-order valence-electron chi connectivity index (χ4n) is 1.32. The molecule has 0 heterocycles. The third-order valence-corrected chi connectivity index (χ3v) is 4.89. The van der Waals surface area contributed by atoms with E-state index in [1.807, 2.05) is 20.8 Å². The molecule has 7 heteroatoms. The molecule has 0 aromatic heterocycles. The van der Waals surface area contributed by atoms with Gasteiger partial charge in [-0.3, -0.25) is 0 Å². The third-order valence-electron chi connectivity index (χ3n) is 1.89. The predicted octanol–water partition coefficient (Wildman–Crippen LogP) is 1.82. The van der Waals surface area contributed by atoms with Crippen molar-refractivity contribution < 1.29 is 27.5 Å². The predicted molar refractivity (Wildman–Crippen MR) is 63.8 cm³/mol. The quantitative estimate of drug-likeness (QED) is 0.468. The fraction of sp³-hybridized carbons (Fsp3) is 0.900. The van der Waals surface area contributed by atoms with Crippen LogP contribution in [0.4, 0.5) is 4.79 Å². The fourth-order valence-corrected chi connectivity index (χ4v) is 3.67. The van der Waals surface area contributed by atoms with Gasteiger partial charge in [0.05, 0.1) is 19.8 Å². The first-order valence-corrected chi connectivity index (χ1v) is 7.69. The molecule has 6 nitrogen and oxygen atoms in total. The van der Waals surface area contributed by atoms with Gasteiger partial charge in [-0.25, -0.2) is 4.79 Å². The Morgan fingerprint density at radius 3 is 1.82 bits per heavy atom. The Morgan fingerprint density at radius 2 is 1.47 bits per heavy atom. The van der Waals surface area contributed by atoms with Crippen LogP contribution in [0.3, 0.4) is 0 Å². The lowest BCUT2D eigenvalue weighted by Gasteiger charge is -2.28. The molecule has 0 aliphatic heterocycles. The second kappa shape index (κ2) is 9.40. The summed E-state index contributed by atoms with van der Waals surface area (Å²) in [7, 11) is -1.44. The zero-order chi connectivity index (χ0) is 13.1. The Hall–Kier alpha value is -0.633. The van der Waals surface area contributed by atoms with Crippen molar-refractivity contribution in [2.45, 2.75) is 26.8 Å². The molecule has 102 valence electrons. The second-order valence-corrected chi connectivity index (χ2v) is 5.77. The number of hydrogen-bond donors (Lipinski definition) is 0. The average molecular weight is 266 g/mol. The molecular weight excluding hydrogens is 244 g/mol. The summed E-state index contributed by atoms with van der Waals surface area (Å²) in [5, 5.41) is 0. The maximum atomic E-state index is 10.8. The first kappa shape index (κ1) is 16.4. The van der Waals surface area contributed by atoms with E-state index >= 15 is 0 Å². The van der Waals surface area contributed by atoms with E-state index in [9.17, 15) is 4.79 Å². The molecule has 17 heavy (non-hydrogen) atoms. The van der Waals surface area contributed by atoms with Crippen LogP contribution in [0.15, 0.2) is 0 Å². The molecule has 0 radical (unpaired) electrons. The molecule has 0 rings (SSSR count). The first-order valence-electron chi connectivity index (χ1n) is 5.76. The van der Waals surface area contributed by atoms with Gasteiger partial charge in [-0.15, -0.1) is 0 Å². The smallest absolute Gasteiger partial charge is 0.438 e. The Bertz CT molecular complexity index is 194. The number of ether oxygens (including phenoxy) is 2. The lowest BCUT2D eigenvalue weighted by atomic mass is 10.8. The molecule has 0 N–H and O–H groups in total. The van der Waals surface area contributed by atoms with Crippen molar-refractivity contribution in [3.8, 4) is 0 Å². The molecular formula is C10H22O6Si. The number of carbonyl (C=O) groups is 1. The van der Waals surface area contributed by atoms with Crippen molar-refractivity contribution in [3.63, 3.8) is 0 Å². The Kier molecular flexibility index (Phi) is 9.05. The van der Waals surface area contributed by atoms with Gasteiger partial charge in [0.15, 0.2) is 0 Å². The van der Waals surface area contributed by atoms with E-state index in [0.29, 0.717) is 25.9 Å². The highest BCUT2D eigenvalue weighted by atomic mass is 28.4. The molecule has 0 spiro atoms. The minimum absolute atomic E-state index is 0.166. The summed E-state index contributed by atoms with van der Waals surface area (Å²) in [5.74, 6) is 0. The van der Waals surface area contributed by atoms with Gasteiger partial charge in [-0.2, -0.15) is 0 Å². The summed E-state index contributed by atoms with van der Waals surface area (Å²) in [6, 6.07) is 0.428. The van der Waals surface area contributed by atoms with Crippen LogP contribution in [0.25, 0.3) is 0 Å². The summed E-state index contributed by atoms with van der Waals surface area (Å²) in [6.07, 6.45) is -0.711. The van der Waals surface area contributed by atoms with Crippen molar-refractivity contribution in [1.29, 1.82) is 0 Å². The van der Waals surface area contributed by atoms with Crippen molar-refractivity contribution in [3.05, 3.63) is 0 Å². The molecule has 0 aliphatic carbocycles. The van der Waals surface area contributed by atoms with Crippen LogP contribution in [-0.2, 0) is 22.8 Å². The van der Waals surface area contributed by atoms with Crippen LogP contribution in [0.2, 0.25) is 6.04 Å². The molecule has 0 fully saturated rings. The maximum absolute atomic E-state index is 10.8. The van der Waals surface area contributed by atoms with Gasteiger partial charge < -0.3 is 22.8 Å². The van der Waals surface area contributed by atoms with Crippen molar-refractivity contribution in [1.82, 2.24) is 0 Å². The molecule has 0 unspecified atom stereocenters. The highest BCUT2D eigenvalue weighted by Gasteiger charge is 2.40. The summed E-state index contributed by atoms with van der Waals surface area (Å²) in [4.78, 5) is 10.8. The van der Waals surface area contributed by atoms with E-state index in [4.69, 9.17) is 18.0 Å². The van der Waals surface area contributed by atoms with Crippen LogP contribution in [0, 0.1) is 0 Å². The molecule has 0 bridgehead atoms. The molecule has 0 aliphatic rings. The van der Waals surface area contributed by atoms with Gasteiger partial charge in [-0.05, 0) is 20.8 Å². The number of rotatable bonds is 9. The average Bonchev–Trinajstić information content (AvgIpc) is 2.30. The van der Waals surface area contributed by atoms with E-state index < -0.39 is 15.0 Å². The monoisotopic (exact) mass is 266 g/mol. The summed E-state index contributed by atoms with van der Waals surface area (Å²) >= 11 is 0. The highest BCUT2D eigenvalue weighted by molar-refractivity contribution is 6.60. The molecule has 0 aromatic rings. The lowest BCUT2D eigenvalue weighted by molar-refractivity contribution is 0.0519. The number of hydrogen-bond acceptors (Lipinski definition) is 6. The first-order chi connectivity index (χ1) is 8.14. The van der Waals surface area contributed by atoms with Crippen LogP contribution in [0.5, 0.6) is 0 Å². The van der Waals surface area contributed by atoms with Gasteiger partial charge in [0.2, 0.25) is 0 Å². The number of carbonyl (C=O) groups excluding carboxylic acids is 1. The van der Waals surface area contributed by atoms with Gasteiger partial charge in [0.25, 0.3) is 0 Å². The van der Waals surface area contributed by atoms with E-state index in [1.165, 1.54) is 7.11 Å². The Labute approximate surface area is 104 Å². The van der Waals surface area contributed by atoms with Crippen LogP contribution in [0.1, 0.15) is 20.8 Å². The standard InChI is InChI=1S/C10H22O6Si/c1-5-14-17(15-6-2,16-7-3)9-8-13-10(11)12-4/h5-9H2,1-4H3. The van der Waals surface area contributed by atoms with Crippen molar-refractivity contribution in [2.75, 3.05) is 33.5 Å². The van der Waals surface area contributed by atoms with E-state index in [-0.39, 0.29) is 6.61 Å². The van der Waals surface area contributed by atoms with Gasteiger partial charge in [-0.1, -0.05) is 0 Å². The minimum atomic E-state index is -2.71. The van der Waals surface area contributed by atoms with E-state index in [0.717, 1.165) is 0 Å². The molecule has 0 amide bonds. The zero-order valence-electron chi connectivity index (χ0n) is 11.0. The number of methoxy groups -OCH3 is 1. The van der Waals surface area contributed by atoms with Crippen molar-refractivity contribution >= 4 is 15.0 Å². The largest absolute Gasteiger partial charge is 0.507 e. The van der Waals surface area contributed by atoms with Crippen LogP contribution >= 0.6 is 0 Å². The minimum Gasteiger partial charge on any atom is -0.438 e. The normalized spacial score (nSPS) is 11.3. The van der Waals surface area contributed by atoms with Crippen molar-refractivity contribution in [2.24, 2.45) is 0 Å². The Balaban J connectivity index is 4.27. The molecule has 0 aromatic carbocycles. The summed E-state index contributed by atoms with van der Waals surface area (Å²) < 4.78 is 26.0. The summed E-state index contributed by atoms with van der Waals surface area (Å²) in [5.41, 5.74) is 0. The third kappa shape index (κ3) is 6.62. The van der Waals surface area contributed by atoms with Crippen LogP contribution in [-0.4, -0.2) is 48.5 Å². The zero-order valence-corrected chi connectivity index (χ0v) is 12.0. The highest BCUT2D eigenvalue weighted by Crippen LogP contribution is 2.16.